The summed E-state index contributed by atoms with van der Waals surface area (Å²) in [6, 6.07) is 0.308. The number of hydrogen-bond donors (Lipinski definition) is 2. The summed E-state index contributed by atoms with van der Waals surface area (Å²) < 4.78 is 5.70. The third-order valence-corrected chi connectivity index (χ3v) is 3.95. The molecule has 2 fully saturated rings. The van der Waals surface area contributed by atoms with E-state index >= 15 is 0 Å². The summed E-state index contributed by atoms with van der Waals surface area (Å²) in [4.78, 5) is 12.1. The molecule has 0 bridgehead atoms. The van der Waals surface area contributed by atoms with Crippen molar-refractivity contribution in [1.82, 2.24) is 10.6 Å². The second-order valence-electron chi connectivity index (χ2n) is 5.13. The highest BCUT2D eigenvalue weighted by atomic mass is 16.5. The van der Waals surface area contributed by atoms with Crippen LogP contribution < -0.4 is 10.6 Å². The summed E-state index contributed by atoms with van der Waals surface area (Å²) in [5.74, 6) is 0.484. The highest BCUT2D eigenvalue weighted by Crippen LogP contribution is 2.32. The fourth-order valence-electron chi connectivity index (χ4n) is 2.79. The van der Waals surface area contributed by atoms with Crippen molar-refractivity contribution in [3.05, 3.63) is 0 Å². The minimum absolute atomic E-state index is 0.00981. The van der Waals surface area contributed by atoms with E-state index in [-0.39, 0.29) is 24.0 Å². The predicted molar refractivity (Wildman–Crippen MR) is 62.1 cm³/mol. The normalized spacial score (nSPS) is 43.6. The number of rotatable bonds is 2. The number of nitrogens with one attached hydrogen (secondary N) is 2. The van der Waals surface area contributed by atoms with Gasteiger partial charge in [-0.2, -0.15) is 0 Å². The lowest BCUT2D eigenvalue weighted by atomic mass is 9.88. The Morgan fingerprint density at radius 3 is 2.56 bits per heavy atom. The topological polar surface area (TPSA) is 50.4 Å². The van der Waals surface area contributed by atoms with Gasteiger partial charge in [-0.05, 0) is 32.7 Å². The molecule has 2 rings (SSSR count). The van der Waals surface area contributed by atoms with Crippen LogP contribution in [0.4, 0.5) is 0 Å². The van der Waals surface area contributed by atoms with Crippen molar-refractivity contribution < 1.29 is 9.53 Å². The minimum atomic E-state index is 0.00981. The van der Waals surface area contributed by atoms with Gasteiger partial charge in [0.25, 0.3) is 0 Å². The first-order chi connectivity index (χ1) is 7.59. The molecule has 0 aliphatic carbocycles. The molecule has 1 amide bonds. The minimum Gasteiger partial charge on any atom is -0.374 e. The molecule has 2 N–H and O–H groups in total. The van der Waals surface area contributed by atoms with E-state index in [1.54, 1.807) is 0 Å². The summed E-state index contributed by atoms with van der Waals surface area (Å²) in [5.41, 5.74) is 0. The summed E-state index contributed by atoms with van der Waals surface area (Å²) in [5, 5.41) is 6.37. The van der Waals surface area contributed by atoms with Gasteiger partial charge in [0.05, 0.1) is 18.1 Å². The van der Waals surface area contributed by atoms with Crippen molar-refractivity contribution in [2.45, 2.75) is 45.4 Å². The van der Waals surface area contributed by atoms with Crippen LogP contribution in [0.3, 0.4) is 0 Å². The fourth-order valence-corrected chi connectivity index (χ4v) is 2.79. The summed E-state index contributed by atoms with van der Waals surface area (Å²) in [6.45, 7) is 8.05. The van der Waals surface area contributed by atoms with Gasteiger partial charge in [0.15, 0.2) is 0 Å². The third kappa shape index (κ3) is 2.23. The standard InChI is InChI=1S/C12H22N2O2/c1-7-8(2)16-9(3)11(7)12(15)14-10-4-5-13-6-10/h7-11,13H,4-6H2,1-3H3,(H,14,15). The van der Waals surface area contributed by atoms with E-state index in [1.165, 1.54) is 0 Å². The largest absolute Gasteiger partial charge is 0.374 e. The monoisotopic (exact) mass is 226 g/mol. The van der Waals surface area contributed by atoms with Crippen LogP contribution in [0, 0.1) is 11.8 Å². The number of ether oxygens (including phenoxy) is 1. The molecule has 92 valence electrons. The van der Waals surface area contributed by atoms with Crippen molar-refractivity contribution in [3.63, 3.8) is 0 Å². The maximum absolute atomic E-state index is 12.1. The summed E-state index contributed by atoms with van der Waals surface area (Å²) >= 11 is 0. The van der Waals surface area contributed by atoms with Gasteiger partial charge in [0, 0.05) is 12.6 Å². The van der Waals surface area contributed by atoms with Gasteiger partial charge in [-0.25, -0.2) is 0 Å². The number of carbonyl (C=O) groups is 1. The van der Waals surface area contributed by atoms with E-state index in [0.29, 0.717) is 12.0 Å². The van der Waals surface area contributed by atoms with Crippen LogP contribution in [0.2, 0.25) is 0 Å². The van der Waals surface area contributed by atoms with Crippen LogP contribution in [0.5, 0.6) is 0 Å². The van der Waals surface area contributed by atoms with E-state index in [1.807, 2.05) is 13.8 Å². The molecular weight excluding hydrogens is 204 g/mol. The van der Waals surface area contributed by atoms with Crippen LogP contribution >= 0.6 is 0 Å². The highest BCUT2D eigenvalue weighted by Gasteiger charge is 2.42. The Morgan fingerprint density at radius 1 is 1.31 bits per heavy atom. The Bertz CT molecular complexity index is 264. The number of amides is 1. The second-order valence-corrected chi connectivity index (χ2v) is 5.13. The fraction of sp³-hybridized carbons (Fsp3) is 0.917. The van der Waals surface area contributed by atoms with Gasteiger partial charge in [-0.1, -0.05) is 6.92 Å². The lowest BCUT2D eigenvalue weighted by Gasteiger charge is -2.20. The number of hydrogen-bond acceptors (Lipinski definition) is 3. The van der Waals surface area contributed by atoms with Crippen LogP contribution in [0.15, 0.2) is 0 Å². The van der Waals surface area contributed by atoms with E-state index < -0.39 is 0 Å². The molecule has 2 aliphatic rings. The van der Waals surface area contributed by atoms with Gasteiger partial charge < -0.3 is 15.4 Å². The zero-order valence-electron chi connectivity index (χ0n) is 10.3. The molecule has 0 aromatic rings. The van der Waals surface area contributed by atoms with Gasteiger partial charge in [0.1, 0.15) is 0 Å². The second kappa shape index (κ2) is 4.72. The Kier molecular flexibility index (Phi) is 3.50. The Morgan fingerprint density at radius 2 is 2.06 bits per heavy atom. The molecular formula is C12H22N2O2. The molecule has 0 saturated carbocycles. The molecule has 0 aromatic carbocycles. The average molecular weight is 226 g/mol. The van der Waals surface area contributed by atoms with Crippen molar-refractivity contribution in [1.29, 1.82) is 0 Å². The third-order valence-electron chi connectivity index (χ3n) is 3.95. The van der Waals surface area contributed by atoms with Crippen LogP contribution in [-0.4, -0.2) is 37.2 Å². The lowest BCUT2D eigenvalue weighted by Crippen LogP contribution is -2.43. The Hall–Kier alpha value is -0.610. The molecule has 0 aromatic heterocycles. The smallest absolute Gasteiger partial charge is 0.226 e. The van der Waals surface area contributed by atoms with Gasteiger partial charge >= 0.3 is 0 Å². The molecule has 0 radical (unpaired) electrons. The highest BCUT2D eigenvalue weighted by molar-refractivity contribution is 5.80. The zero-order valence-corrected chi connectivity index (χ0v) is 10.3. The molecule has 2 saturated heterocycles. The van der Waals surface area contributed by atoms with Crippen molar-refractivity contribution in [2.75, 3.05) is 13.1 Å². The van der Waals surface area contributed by atoms with E-state index in [4.69, 9.17) is 4.74 Å². The zero-order chi connectivity index (χ0) is 11.7. The molecule has 4 heteroatoms. The molecule has 4 nitrogen and oxygen atoms in total. The van der Waals surface area contributed by atoms with Crippen molar-refractivity contribution >= 4 is 5.91 Å². The van der Waals surface area contributed by atoms with Crippen LogP contribution in [-0.2, 0) is 9.53 Å². The Labute approximate surface area is 97.1 Å². The SMILES string of the molecule is CC1OC(C)C(C(=O)NC2CCNC2)C1C. The predicted octanol–water partition coefficient (Wildman–Crippen LogP) is 0.524. The first kappa shape index (κ1) is 11.9. The van der Waals surface area contributed by atoms with Crippen molar-refractivity contribution in [2.24, 2.45) is 11.8 Å². The first-order valence-corrected chi connectivity index (χ1v) is 6.26. The van der Waals surface area contributed by atoms with E-state index in [2.05, 4.69) is 17.6 Å². The molecule has 0 spiro atoms. The van der Waals surface area contributed by atoms with Gasteiger partial charge in [-0.3, -0.25) is 4.79 Å². The van der Waals surface area contributed by atoms with E-state index in [9.17, 15) is 4.79 Å². The van der Waals surface area contributed by atoms with Crippen LogP contribution in [0.1, 0.15) is 27.2 Å². The quantitative estimate of drug-likeness (QED) is 0.722. The summed E-state index contributed by atoms with van der Waals surface area (Å²) in [7, 11) is 0. The molecule has 2 heterocycles. The van der Waals surface area contributed by atoms with Crippen LogP contribution in [0.25, 0.3) is 0 Å². The van der Waals surface area contributed by atoms with E-state index in [0.717, 1.165) is 19.5 Å². The van der Waals surface area contributed by atoms with Gasteiger partial charge in [-0.15, -0.1) is 0 Å². The molecule has 5 atom stereocenters. The number of carbonyl (C=O) groups excluding carboxylic acids is 1. The van der Waals surface area contributed by atoms with Gasteiger partial charge in [0.2, 0.25) is 5.91 Å². The molecule has 16 heavy (non-hydrogen) atoms. The Balaban J connectivity index is 1.93. The lowest BCUT2D eigenvalue weighted by molar-refractivity contribution is -0.127. The molecule has 5 unspecified atom stereocenters. The first-order valence-electron chi connectivity index (χ1n) is 6.26. The summed E-state index contributed by atoms with van der Waals surface area (Å²) in [6.07, 6.45) is 1.27. The van der Waals surface area contributed by atoms with Crippen molar-refractivity contribution in [3.8, 4) is 0 Å². The molecule has 2 aliphatic heterocycles. The average Bonchev–Trinajstić information content (AvgIpc) is 2.77. The maximum atomic E-state index is 12.1. The maximum Gasteiger partial charge on any atom is 0.226 e.